The number of aryl methyl sites for hydroxylation is 1. The van der Waals surface area contributed by atoms with E-state index in [1.807, 2.05) is 17.6 Å². The van der Waals surface area contributed by atoms with Crippen LogP contribution in [-0.4, -0.2) is 15.6 Å². The van der Waals surface area contributed by atoms with Crippen molar-refractivity contribution in [3.05, 3.63) is 23.5 Å². The molecule has 14 heavy (non-hydrogen) atoms. The van der Waals surface area contributed by atoms with Crippen LogP contribution in [0.2, 0.25) is 0 Å². The second kappa shape index (κ2) is 4.84. The number of carboxylic acids is 1. The zero-order valence-corrected chi connectivity index (χ0v) is 8.79. The Hall–Kier alpha value is -1.25. The maximum Gasteiger partial charge on any atom is 0.352 e. The monoisotopic (exact) mass is 195 g/mol. The molecule has 0 spiro atoms. The third-order valence-corrected chi connectivity index (χ3v) is 2.39. The lowest BCUT2D eigenvalue weighted by atomic mass is 10.3. The number of unbranched alkanes of at least 4 members (excludes halogenated alkanes) is 1. The summed E-state index contributed by atoms with van der Waals surface area (Å²) < 4.78 is 1.91. The molecule has 0 aliphatic rings. The second-order valence-electron chi connectivity index (χ2n) is 3.37. The molecule has 1 aromatic heterocycles. The van der Waals surface area contributed by atoms with Gasteiger partial charge in [-0.05, 0) is 25.0 Å². The average Bonchev–Trinajstić information content (AvgIpc) is 2.57. The first kappa shape index (κ1) is 10.8. The fourth-order valence-electron chi connectivity index (χ4n) is 1.59. The minimum absolute atomic E-state index is 0.412. The normalized spacial score (nSPS) is 10.4. The highest BCUT2D eigenvalue weighted by Gasteiger charge is 2.11. The number of nitrogens with zero attached hydrogens (tertiary/aromatic N) is 1. The standard InChI is InChI=1S/C11H17NO2/c1-3-5-8-12-9(4-2)6-7-10(12)11(13)14/h6-7H,3-5,8H2,1-2H3,(H,13,14). The SMILES string of the molecule is CCCCn1c(CC)ccc1C(=O)O. The topological polar surface area (TPSA) is 42.2 Å². The second-order valence-corrected chi connectivity index (χ2v) is 3.37. The van der Waals surface area contributed by atoms with Gasteiger partial charge in [-0.1, -0.05) is 20.3 Å². The summed E-state index contributed by atoms with van der Waals surface area (Å²) in [4.78, 5) is 10.9. The summed E-state index contributed by atoms with van der Waals surface area (Å²) in [5.74, 6) is -0.833. The Labute approximate surface area is 84.4 Å². The van der Waals surface area contributed by atoms with Crippen LogP contribution in [0.25, 0.3) is 0 Å². The Bertz CT molecular complexity index is 315. The maximum atomic E-state index is 10.9. The number of carboxylic acid groups (broad SMARTS) is 1. The molecule has 78 valence electrons. The van der Waals surface area contributed by atoms with E-state index in [0.717, 1.165) is 31.5 Å². The largest absolute Gasteiger partial charge is 0.477 e. The lowest BCUT2D eigenvalue weighted by molar-refractivity contribution is 0.0684. The van der Waals surface area contributed by atoms with E-state index >= 15 is 0 Å². The van der Waals surface area contributed by atoms with Crippen molar-refractivity contribution in [1.29, 1.82) is 0 Å². The Morgan fingerprint density at radius 1 is 1.43 bits per heavy atom. The van der Waals surface area contributed by atoms with E-state index in [2.05, 4.69) is 6.92 Å². The molecular weight excluding hydrogens is 178 g/mol. The Morgan fingerprint density at radius 3 is 2.64 bits per heavy atom. The number of carbonyl (C=O) groups is 1. The molecule has 0 unspecified atom stereocenters. The Balaban J connectivity index is 2.93. The molecule has 0 radical (unpaired) electrons. The van der Waals surface area contributed by atoms with Crippen molar-refractivity contribution in [2.45, 2.75) is 39.7 Å². The van der Waals surface area contributed by atoms with Gasteiger partial charge in [-0.2, -0.15) is 0 Å². The third-order valence-electron chi connectivity index (χ3n) is 2.39. The van der Waals surface area contributed by atoms with E-state index in [9.17, 15) is 4.79 Å². The number of rotatable bonds is 5. The third kappa shape index (κ3) is 2.16. The van der Waals surface area contributed by atoms with Crippen LogP contribution >= 0.6 is 0 Å². The zero-order chi connectivity index (χ0) is 10.6. The van der Waals surface area contributed by atoms with Gasteiger partial charge in [0.2, 0.25) is 0 Å². The maximum absolute atomic E-state index is 10.9. The molecule has 0 bridgehead atoms. The van der Waals surface area contributed by atoms with Gasteiger partial charge in [0.1, 0.15) is 5.69 Å². The van der Waals surface area contributed by atoms with Crippen LogP contribution < -0.4 is 0 Å². The van der Waals surface area contributed by atoms with Crippen LogP contribution in [0.15, 0.2) is 12.1 Å². The Morgan fingerprint density at radius 2 is 2.14 bits per heavy atom. The summed E-state index contributed by atoms with van der Waals surface area (Å²) in [6.07, 6.45) is 3.00. The number of aromatic carboxylic acids is 1. The van der Waals surface area contributed by atoms with Crippen molar-refractivity contribution in [3.8, 4) is 0 Å². The van der Waals surface area contributed by atoms with E-state index in [0.29, 0.717) is 5.69 Å². The highest BCUT2D eigenvalue weighted by Crippen LogP contribution is 2.11. The summed E-state index contributed by atoms with van der Waals surface area (Å²) in [5, 5.41) is 8.95. The van der Waals surface area contributed by atoms with Gasteiger partial charge in [-0.3, -0.25) is 0 Å². The summed E-state index contributed by atoms with van der Waals surface area (Å²) in [5.41, 5.74) is 1.52. The molecular formula is C11H17NO2. The molecule has 1 aromatic rings. The molecule has 1 heterocycles. The first-order valence-electron chi connectivity index (χ1n) is 5.12. The van der Waals surface area contributed by atoms with Crippen LogP contribution in [-0.2, 0) is 13.0 Å². The molecule has 0 fully saturated rings. The van der Waals surface area contributed by atoms with Gasteiger partial charge < -0.3 is 9.67 Å². The van der Waals surface area contributed by atoms with Crippen LogP contribution in [0.4, 0.5) is 0 Å². The van der Waals surface area contributed by atoms with Crippen LogP contribution in [0.3, 0.4) is 0 Å². The molecule has 1 rings (SSSR count). The Kier molecular flexibility index (Phi) is 3.74. The van der Waals surface area contributed by atoms with Gasteiger partial charge in [-0.15, -0.1) is 0 Å². The lowest BCUT2D eigenvalue weighted by Gasteiger charge is -2.09. The summed E-state index contributed by atoms with van der Waals surface area (Å²) in [7, 11) is 0. The van der Waals surface area contributed by atoms with Crippen molar-refractivity contribution in [3.63, 3.8) is 0 Å². The summed E-state index contributed by atoms with van der Waals surface area (Å²) in [6, 6.07) is 3.59. The molecule has 0 aliphatic heterocycles. The van der Waals surface area contributed by atoms with Gasteiger partial charge in [0, 0.05) is 12.2 Å². The minimum atomic E-state index is -0.833. The zero-order valence-electron chi connectivity index (χ0n) is 8.79. The first-order chi connectivity index (χ1) is 6.70. The fraction of sp³-hybridized carbons (Fsp3) is 0.545. The van der Waals surface area contributed by atoms with Gasteiger partial charge >= 0.3 is 5.97 Å². The van der Waals surface area contributed by atoms with Crippen molar-refractivity contribution in [2.75, 3.05) is 0 Å². The smallest absolute Gasteiger partial charge is 0.352 e. The number of aromatic nitrogens is 1. The summed E-state index contributed by atoms with van der Waals surface area (Å²) in [6.45, 7) is 4.97. The minimum Gasteiger partial charge on any atom is -0.477 e. The molecule has 0 saturated carbocycles. The van der Waals surface area contributed by atoms with E-state index in [4.69, 9.17) is 5.11 Å². The van der Waals surface area contributed by atoms with Gasteiger partial charge in [0.05, 0.1) is 0 Å². The molecule has 0 aliphatic carbocycles. The molecule has 0 aromatic carbocycles. The highest BCUT2D eigenvalue weighted by atomic mass is 16.4. The average molecular weight is 195 g/mol. The van der Waals surface area contributed by atoms with Crippen molar-refractivity contribution < 1.29 is 9.90 Å². The van der Waals surface area contributed by atoms with Crippen molar-refractivity contribution in [2.24, 2.45) is 0 Å². The molecule has 0 amide bonds. The van der Waals surface area contributed by atoms with E-state index in [-0.39, 0.29) is 0 Å². The van der Waals surface area contributed by atoms with E-state index in [1.165, 1.54) is 0 Å². The predicted octanol–water partition coefficient (Wildman–Crippen LogP) is 2.55. The molecule has 0 atom stereocenters. The molecule has 3 nitrogen and oxygen atoms in total. The van der Waals surface area contributed by atoms with Crippen LogP contribution in [0, 0.1) is 0 Å². The lowest BCUT2D eigenvalue weighted by Crippen LogP contribution is -2.10. The molecule has 0 saturated heterocycles. The predicted molar refractivity (Wildman–Crippen MR) is 55.7 cm³/mol. The van der Waals surface area contributed by atoms with Crippen LogP contribution in [0.1, 0.15) is 42.9 Å². The van der Waals surface area contributed by atoms with Crippen molar-refractivity contribution >= 4 is 5.97 Å². The molecule has 3 heteroatoms. The quantitative estimate of drug-likeness (QED) is 0.784. The van der Waals surface area contributed by atoms with Gasteiger partial charge in [-0.25, -0.2) is 4.79 Å². The fourth-order valence-corrected chi connectivity index (χ4v) is 1.59. The van der Waals surface area contributed by atoms with Gasteiger partial charge in [0.15, 0.2) is 0 Å². The number of hydrogen-bond acceptors (Lipinski definition) is 1. The highest BCUT2D eigenvalue weighted by molar-refractivity contribution is 5.86. The van der Waals surface area contributed by atoms with Gasteiger partial charge in [0.25, 0.3) is 0 Å². The molecule has 1 N–H and O–H groups in total. The van der Waals surface area contributed by atoms with Crippen molar-refractivity contribution in [1.82, 2.24) is 4.57 Å². The number of hydrogen-bond donors (Lipinski definition) is 1. The summed E-state index contributed by atoms with van der Waals surface area (Å²) >= 11 is 0. The van der Waals surface area contributed by atoms with E-state index < -0.39 is 5.97 Å². The van der Waals surface area contributed by atoms with E-state index in [1.54, 1.807) is 6.07 Å². The first-order valence-corrected chi connectivity index (χ1v) is 5.12. The van der Waals surface area contributed by atoms with Crippen LogP contribution in [0.5, 0.6) is 0 Å².